The molecule has 0 heterocycles. The highest BCUT2D eigenvalue weighted by Crippen LogP contribution is 2.40. The maximum Gasteiger partial charge on any atom is 0.219 e. The molecule has 1 fully saturated rings. The monoisotopic (exact) mass is 353 g/mol. The first-order valence-electron chi connectivity index (χ1n) is 7.97. The highest BCUT2D eigenvalue weighted by Gasteiger charge is 2.49. The third-order valence-corrected chi connectivity index (χ3v) is 6.80. The summed E-state index contributed by atoms with van der Waals surface area (Å²) in [7, 11) is -3.54. The number of nitrogens with one attached hydrogen (secondary N) is 2. The molecule has 24 heavy (non-hydrogen) atoms. The molecule has 0 atom stereocenters. The molecule has 0 bridgehead atoms. The number of sulfonamides is 1. The van der Waals surface area contributed by atoms with Crippen LogP contribution in [0, 0.1) is 24.1 Å². The van der Waals surface area contributed by atoms with Crippen LogP contribution in [0.3, 0.4) is 0 Å². The summed E-state index contributed by atoms with van der Waals surface area (Å²) >= 11 is 0. The first-order valence-corrected chi connectivity index (χ1v) is 9.46. The van der Waals surface area contributed by atoms with Crippen molar-refractivity contribution in [2.75, 3.05) is 11.9 Å². The summed E-state index contributed by atoms with van der Waals surface area (Å²) in [6, 6.07) is 4.79. The van der Waals surface area contributed by atoms with Gasteiger partial charge in [0.1, 0.15) is 22.2 Å². The molecule has 1 aromatic carbocycles. The summed E-state index contributed by atoms with van der Waals surface area (Å²) in [5.41, 5.74) is 0.366. The number of nitriles is 1. The van der Waals surface area contributed by atoms with Crippen molar-refractivity contribution in [1.29, 1.82) is 5.26 Å². The molecule has 0 aliphatic heterocycles. The Morgan fingerprint density at radius 1 is 1.33 bits per heavy atom. The fraction of sp³-hybridized carbons (Fsp3) is 0.588. The average molecular weight is 353 g/mol. The maximum atomic E-state index is 13.9. The van der Waals surface area contributed by atoms with Gasteiger partial charge in [0.15, 0.2) is 0 Å². The topological polar surface area (TPSA) is 82.0 Å². The molecule has 5 nitrogen and oxygen atoms in total. The fourth-order valence-electron chi connectivity index (χ4n) is 2.87. The molecule has 0 radical (unpaired) electrons. The molecular formula is C17H24FN3O2S. The minimum absolute atomic E-state index is 0.0868. The Kier molecular flexibility index (Phi) is 4.93. The van der Waals surface area contributed by atoms with Crippen LogP contribution in [0.25, 0.3) is 0 Å². The molecule has 7 heteroatoms. The Labute approximate surface area is 143 Å². The number of benzene rings is 1. The zero-order valence-corrected chi connectivity index (χ0v) is 15.3. The molecule has 0 aromatic heterocycles. The Morgan fingerprint density at radius 2 is 1.96 bits per heavy atom. The summed E-state index contributed by atoms with van der Waals surface area (Å²) in [5.74, 6) is -0.599. The van der Waals surface area contributed by atoms with E-state index in [1.54, 1.807) is 33.8 Å². The number of nitrogens with zero attached hydrogens (tertiary/aromatic N) is 1. The van der Waals surface area contributed by atoms with E-state index in [0.717, 1.165) is 6.42 Å². The van der Waals surface area contributed by atoms with Gasteiger partial charge in [-0.05, 0) is 58.2 Å². The Bertz CT molecular complexity index is 772. The quantitative estimate of drug-likeness (QED) is 0.852. The molecule has 1 aliphatic carbocycles. The molecule has 1 aromatic rings. The van der Waals surface area contributed by atoms with E-state index >= 15 is 0 Å². The van der Waals surface area contributed by atoms with Crippen molar-refractivity contribution >= 4 is 15.7 Å². The first-order chi connectivity index (χ1) is 11.0. The number of aryl methyl sites for hydroxylation is 1. The third kappa shape index (κ3) is 3.70. The van der Waals surface area contributed by atoms with Crippen LogP contribution < -0.4 is 10.0 Å². The molecule has 1 aliphatic rings. The van der Waals surface area contributed by atoms with E-state index in [1.807, 2.05) is 6.07 Å². The molecule has 1 saturated carbocycles. The predicted molar refractivity (Wildman–Crippen MR) is 92.7 cm³/mol. The number of rotatable bonds is 5. The van der Waals surface area contributed by atoms with Gasteiger partial charge in [-0.15, -0.1) is 0 Å². The van der Waals surface area contributed by atoms with Crippen LogP contribution in [0.2, 0.25) is 0 Å². The molecular weight excluding hydrogens is 329 g/mol. The van der Waals surface area contributed by atoms with Crippen molar-refractivity contribution < 1.29 is 12.8 Å². The molecule has 132 valence electrons. The molecule has 0 spiro atoms. The highest BCUT2D eigenvalue weighted by molar-refractivity contribution is 7.91. The lowest BCUT2D eigenvalue weighted by Gasteiger charge is -2.42. The minimum Gasteiger partial charge on any atom is -0.382 e. The van der Waals surface area contributed by atoms with E-state index in [9.17, 15) is 12.8 Å². The van der Waals surface area contributed by atoms with Crippen LogP contribution in [-0.4, -0.2) is 25.2 Å². The second-order valence-corrected chi connectivity index (χ2v) is 9.60. The van der Waals surface area contributed by atoms with Gasteiger partial charge >= 0.3 is 0 Å². The van der Waals surface area contributed by atoms with Gasteiger partial charge in [-0.3, -0.25) is 0 Å². The highest BCUT2D eigenvalue weighted by atomic mass is 32.2. The summed E-state index contributed by atoms with van der Waals surface area (Å²) in [4.78, 5) is 0. The molecule has 2 N–H and O–H groups in total. The average Bonchev–Trinajstić information content (AvgIpc) is 2.33. The van der Waals surface area contributed by atoms with E-state index in [-0.39, 0.29) is 12.1 Å². The lowest BCUT2D eigenvalue weighted by atomic mass is 9.84. The van der Waals surface area contributed by atoms with Gasteiger partial charge in [-0.2, -0.15) is 5.26 Å². The normalized spacial score (nSPS) is 17.0. The standard InChI is InChI=1S/C17H24FN3O2S/c1-12-8-14(18)13(10-19)15(9-12)20-11-17(6-5-7-17)24(22,23)21-16(2,3)4/h8-9,20-21H,5-7,11H2,1-4H3. The summed E-state index contributed by atoms with van der Waals surface area (Å²) in [6.45, 7) is 7.28. The summed E-state index contributed by atoms with van der Waals surface area (Å²) < 4.78 is 41.2. The van der Waals surface area contributed by atoms with Crippen LogP contribution in [0.15, 0.2) is 12.1 Å². The van der Waals surface area contributed by atoms with Crippen LogP contribution >= 0.6 is 0 Å². The first kappa shape index (κ1) is 18.7. The number of anilines is 1. The van der Waals surface area contributed by atoms with Crippen molar-refractivity contribution in [3.63, 3.8) is 0 Å². The molecule has 0 unspecified atom stereocenters. The van der Waals surface area contributed by atoms with Crippen molar-refractivity contribution in [2.45, 2.75) is 57.2 Å². The Balaban J connectivity index is 2.26. The van der Waals surface area contributed by atoms with Crippen LogP contribution in [0.4, 0.5) is 10.1 Å². The number of halogens is 1. The van der Waals surface area contributed by atoms with Gasteiger partial charge in [0.25, 0.3) is 0 Å². The third-order valence-electron chi connectivity index (χ3n) is 4.22. The zero-order chi connectivity index (χ0) is 18.2. The predicted octanol–water partition coefficient (Wildman–Crippen LogP) is 3.06. The smallest absolute Gasteiger partial charge is 0.219 e. The molecule has 0 saturated heterocycles. The Morgan fingerprint density at radius 3 is 2.42 bits per heavy atom. The largest absolute Gasteiger partial charge is 0.382 e. The van der Waals surface area contributed by atoms with Crippen LogP contribution in [-0.2, 0) is 10.0 Å². The van der Waals surface area contributed by atoms with Crippen LogP contribution in [0.5, 0.6) is 0 Å². The lowest BCUT2D eigenvalue weighted by molar-refractivity contribution is 0.339. The second-order valence-electron chi connectivity index (χ2n) is 7.53. The lowest BCUT2D eigenvalue weighted by Crippen LogP contribution is -2.58. The van der Waals surface area contributed by atoms with E-state index in [1.165, 1.54) is 6.07 Å². The summed E-state index contributed by atoms with van der Waals surface area (Å²) in [5, 5.41) is 12.1. The maximum absolute atomic E-state index is 13.9. The molecule has 2 rings (SSSR count). The number of hydrogen-bond acceptors (Lipinski definition) is 4. The van der Waals surface area contributed by atoms with E-state index in [4.69, 9.17) is 5.26 Å². The van der Waals surface area contributed by atoms with E-state index in [2.05, 4.69) is 10.0 Å². The SMILES string of the molecule is Cc1cc(F)c(C#N)c(NCC2(S(=O)(=O)NC(C)(C)C)CCC2)c1. The van der Waals surface area contributed by atoms with Gasteiger partial charge in [0.05, 0.1) is 5.69 Å². The number of hydrogen-bond donors (Lipinski definition) is 2. The van der Waals surface area contributed by atoms with E-state index < -0.39 is 26.1 Å². The fourth-order valence-corrected chi connectivity index (χ4v) is 4.99. The molecule has 0 amide bonds. The zero-order valence-electron chi connectivity index (χ0n) is 14.5. The van der Waals surface area contributed by atoms with Gasteiger partial charge in [0.2, 0.25) is 10.0 Å². The van der Waals surface area contributed by atoms with Gasteiger partial charge in [0, 0.05) is 12.1 Å². The van der Waals surface area contributed by atoms with Gasteiger partial charge in [-0.1, -0.05) is 6.42 Å². The van der Waals surface area contributed by atoms with Crippen molar-refractivity contribution in [1.82, 2.24) is 4.72 Å². The van der Waals surface area contributed by atoms with Gasteiger partial charge in [-0.25, -0.2) is 17.5 Å². The van der Waals surface area contributed by atoms with Crippen molar-refractivity contribution in [3.8, 4) is 6.07 Å². The van der Waals surface area contributed by atoms with Crippen LogP contribution in [0.1, 0.15) is 51.2 Å². The van der Waals surface area contributed by atoms with Crippen molar-refractivity contribution in [2.24, 2.45) is 0 Å². The van der Waals surface area contributed by atoms with E-state index in [0.29, 0.717) is 24.1 Å². The van der Waals surface area contributed by atoms with Crippen molar-refractivity contribution in [3.05, 3.63) is 29.1 Å². The summed E-state index contributed by atoms with van der Waals surface area (Å²) in [6.07, 6.45) is 1.92. The second kappa shape index (κ2) is 6.34. The van der Waals surface area contributed by atoms with Gasteiger partial charge < -0.3 is 5.32 Å². The Hall–Kier alpha value is -1.65. The minimum atomic E-state index is -3.54.